The number of benzene rings is 1. The van der Waals surface area contributed by atoms with Crippen molar-refractivity contribution in [3.05, 3.63) is 39.9 Å². The van der Waals surface area contributed by atoms with E-state index in [1.165, 1.54) is 19.2 Å². The Balaban J connectivity index is 3.18. The Morgan fingerprint density at radius 2 is 1.90 bits per heavy atom. The minimum absolute atomic E-state index is 0.0188. The average Bonchev–Trinajstić information content (AvgIpc) is 2.42. The summed E-state index contributed by atoms with van der Waals surface area (Å²) in [6, 6.07) is 2.53. The van der Waals surface area contributed by atoms with Gasteiger partial charge in [0.1, 0.15) is 0 Å². The van der Waals surface area contributed by atoms with Crippen LogP contribution in [-0.4, -0.2) is 31.4 Å². The molecule has 1 aromatic rings. The molecule has 0 fully saturated rings. The van der Waals surface area contributed by atoms with Crippen molar-refractivity contribution in [1.29, 1.82) is 0 Å². The van der Waals surface area contributed by atoms with Crippen LogP contribution in [0.4, 0.5) is 8.78 Å². The number of carbonyl (C=O) groups excluding carboxylic acids is 1. The van der Waals surface area contributed by atoms with Crippen LogP contribution in [0.5, 0.6) is 5.75 Å². The molecular weight excluding hydrogens is 329 g/mol. The molecule has 1 unspecified atom stereocenters. The Morgan fingerprint density at radius 1 is 1.38 bits per heavy atom. The van der Waals surface area contributed by atoms with E-state index in [0.717, 1.165) is 0 Å². The van der Waals surface area contributed by atoms with E-state index in [-0.39, 0.29) is 21.4 Å². The van der Waals surface area contributed by atoms with Gasteiger partial charge in [0.2, 0.25) is 0 Å². The summed E-state index contributed by atoms with van der Waals surface area (Å²) in [5.74, 6) is -1.92. The van der Waals surface area contributed by atoms with Gasteiger partial charge in [0.25, 0.3) is 0 Å². The number of rotatable bonds is 6. The number of hydrogen-bond acceptors (Lipinski definition) is 4. The fourth-order valence-electron chi connectivity index (χ4n) is 1.67. The topological polar surface area (TPSA) is 55.8 Å². The third-order valence-corrected chi connectivity index (χ3v) is 3.24. The van der Waals surface area contributed by atoms with Crippen molar-refractivity contribution in [2.75, 3.05) is 13.7 Å². The van der Waals surface area contributed by atoms with Gasteiger partial charge in [0, 0.05) is 11.5 Å². The standard InChI is InChI=1S/C13H12Cl2F2O4/c1-6(12(19)20-2)8(5-18)7-3-9(14)11(10(15)4-7)21-13(16)17/h3-4,8,13,18H,1,5H2,2H3. The number of carbonyl (C=O) groups is 1. The van der Waals surface area contributed by atoms with E-state index in [1.54, 1.807) is 0 Å². The van der Waals surface area contributed by atoms with Gasteiger partial charge in [-0.05, 0) is 17.7 Å². The number of methoxy groups -OCH3 is 1. The first-order valence-electron chi connectivity index (χ1n) is 5.63. The summed E-state index contributed by atoms with van der Waals surface area (Å²) in [5, 5.41) is 9.04. The van der Waals surface area contributed by atoms with E-state index in [9.17, 15) is 18.7 Å². The maximum absolute atomic E-state index is 12.2. The van der Waals surface area contributed by atoms with Crippen molar-refractivity contribution in [3.8, 4) is 5.75 Å². The van der Waals surface area contributed by atoms with Crippen LogP contribution in [0.2, 0.25) is 10.0 Å². The van der Waals surface area contributed by atoms with Crippen LogP contribution in [0.3, 0.4) is 0 Å². The maximum atomic E-state index is 12.2. The molecule has 116 valence electrons. The van der Waals surface area contributed by atoms with Crippen molar-refractivity contribution in [3.63, 3.8) is 0 Å². The molecule has 1 atom stereocenters. The van der Waals surface area contributed by atoms with E-state index in [0.29, 0.717) is 5.56 Å². The molecule has 0 radical (unpaired) electrons. The fourth-order valence-corrected chi connectivity index (χ4v) is 2.27. The predicted molar refractivity (Wildman–Crippen MR) is 74.1 cm³/mol. The molecule has 0 saturated carbocycles. The van der Waals surface area contributed by atoms with Gasteiger partial charge in [-0.25, -0.2) is 4.79 Å². The Bertz CT molecular complexity index is 526. The van der Waals surface area contributed by atoms with Crippen molar-refractivity contribution in [2.45, 2.75) is 12.5 Å². The second-order valence-corrected chi connectivity index (χ2v) is 4.76. The minimum Gasteiger partial charge on any atom is -0.466 e. The molecule has 21 heavy (non-hydrogen) atoms. The summed E-state index contributed by atoms with van der Waals surface area (Å²) in [7, 11) is 1.17. The lowest BCUT2D eigenvalue weighted by molar-refractivity contribution is -0.136. The van der Waals surface area contributed by atoms with Gasteiger partial charge in [-0.3, -0.25) is 0 Å². The summed E-state index contributed by atoms with van der Waals surface area (Å²) >= 11 is 11.7. The van der Waals surface area contributed by atoms with Gasteiger partial charge < -0.3 is 14.6 Å². The Morgan fingerprint density at radius 3 is 2.29 bits per heavy atom. The summed E-state index contributed by atoms with van der Waals surface area (Å²) in [4.78, 5) is 11.4. The molecule has 1 N–H and O–H groups in total. The van der Waals surface area contributed by atoms with Gasteiger partial charge in [0.05, 0.1) is 23.8 Å². The molecule has 1 rings (SSSR count). The van der Waals surface area contributed by atoms with Crippen LogP contribution in [0.15, 0.2) is 24.3 Å². The van der Waals surface area contributed by atoms with Crippen LogP contribution < -0.4 is 4.74 Å². The molecule has 0 aliphatic carbocycles. The minimum atomic E-state index is -3.08. The third-order valence-electron chi connectivity index (χ3n) is 2.68. The average molecular weight is 341 g/mol. The zero-order valence-electron chi connectivity index (χ0n) is 10.9. The molecule has 0 saturated heterocycles. The van der Waals surface area contributed by atoms with Gasteiger partial charge in [-0.15, -0.1) is 0 Å². The first-order valence-corrected chi connectivity index (χ1v) is 6.39. The first kappa shape index (κ1) is 17.7. The highest BCUT2D eigenvalue weighted by molar-refractivity contribution is 6.37. The lowest BCUT2D eigenvalue weighted by Crippen LogP contribution is -2.16. The van der Waals surface area contributed by atoms with Crippen LogP contribution in [0, 0.1) is 0 Å². The molecule has 0 bridgehead atoms. The Hall–Kier alpha value is -1.37. The molecule has 0 spiro atoms. The normalized spacial score (nSPS) is 12.1. The highest BCUT2D eigenvalue weighted by Crippen LogP contribution is 2.38. The van der Waals surface area contributed by atoms with E-state index >= 15 is 0 Å². The second kappa shape index (κ2) is 7.59. The van der Waals surface area contributed by atoms with Crippen LogP contribution in [0.25, 0.3) is 0 Å². The predicted octanol–water partition coefficient (Wildman–Crippen LogP) is 3.40. The van der Waals surface area contributed by atoms with Crippen LogP contribution in [0.1, 0.15) is 11.5 Å². The number of ether oxygens (including phenoxy) is 2. The monoisotopic (exact) mass is 340 g/mol. The molecular formula is C13H12Cl2F2O4. The number of alkyl halides is 2. The first-order chi connectivity index (χ1) is 9.81. The third kappa shape index (κ3) is 4.30. The van der Waals surface area contributed by atoms with E-state index in [2.05, 4.69) is 16.1 Å². The zero-order valence-corrected chi connectivity index (χ0v) is 12.4. The summed E-state index contributed by atoms with van der Waals surface area (Å²) < 4.78 is 33.2. The Kier molecular flexibility index (Phi) is 6.39. The van der Waals surface area contributed by atoms with Gasteiger partial charge >= 0.3 is 12.6 Å². The molecule has 0 aliphatic rings. The quantitative estimate of drug-likeness (QED) is 0.637. The summed E-state index contributed by atoms with van der Waals surface area (Å²) in [6.07, 6.45) is 0. The number of esters is 1. The van der Waals surface area contributed by atoms with Crippen LogP contribution in [-0.2, 0) is 9.53 Å². The molecule has 4 nitrogen and oxygen atoms in total. The van der Waals surface area contributed by atoms with E-state index < -0.39 is 25.1 Å². The van der Waals surface area contributed by atoms with Gasteiger partial charge in [-0.2, -0.15) is 8.78 Å². The highest BCUT2D eigenvalue weighted by atomic mass is 35.5. The number of aliphatic hydroxyl groups excluding tert-OH is 1. The molecule has 1 aromatic carbocycles. The van der Waals surface area contributed by atoms with E-state index in [1.807, 2.05) is 0 Å². The SMILES string of the molecule is C=C(C(=O)OC)C(CO)c1cc(Cl)c(OC(F)F)c(Cl)c1. The number of halogens is 4. The molecule has 0 aromatic heterocycles. The van der Waals surface area contributed by atoms with Crippen molar-refractivity contribution < 1.29 is 28.2 Å². The maximum Gasteiger partial charge on any atom is 0.387 e. The molecule has 0 aliphatic heterocycles. The lowest BCUT2D eigenvalue weighted by atomic mass is 9.92. The molecule has 0 heterocycles. The van der Waals surface area contributed by atoms with Gasteiger partial charge in [-0.1, -0.05) is 29.8 Å². The smallest absolute Gasteiger partial charge is 0.387 e. The van der Waals surface area contributed by atoms with Crippen molar-refractivity contribution >= 4 is 29.2 Å². The zero-order chi connectivity index (χ0) is 16.2. The second-order valence-electron chi connectivity index (χ2n) is 3.94. The van der Waals surface area contributed by atoms with Crippen molar-refractivity contribution in [1.82, 2.24) is 0 Å². The summed E-state index contributed by atoms with van der Waals surface area (Å²) in [5.41, 5.74) is 0.305. The van der Waals surface area contributed by atoms with Crippen molar-refractivity contribution in [2.24, 2.45) is 0 Å². The molecule has 8 heteroatoms. The van der Waals surface area contributed by atoms with Crippen LogP contribution >= 0.6 is 23.2 Å². The largest absolute Gasteiger partial charge is 0.466 e. The van der Waals surface area contributed by atoms with E-state index in [4.69, 9.17) is 23.2 Å². The number of aliphatic hydroxyl groups is 1. The van der Waals surface area contributed by atoms with Gasteiger partial charge in [0.15, 0.2) is 5.75 Å². The Labute approximate surface area is 129 Å². The highest BCUT2D eigenvalue weighted by Gasteiger charge is 2.24. The molecule has 0 amide bonds. The lowest BCUT2D eigenvalue weighted by Gasteiger charge is -2.18. The summed E-state index contributed by atoms with van der Waals surface area (Å²) in [6.45, 7) is -0.0106. The number of hydrogen-bond donors (Lipinski definition) is 1. The fraction of sp³-hybridized carbons (Fsp3) is 0.308.